The van der Waals surface area contributed by atoms with E-state index in [1.807, 2.05) is 50.2 Å². The second kappa shape index (κ2) is 9.31. The third-order valence-corrected chi connectivity index (χ3v) is 5.74. The third kappa shape index (κ3) is 5.29. The van der Waals surface area contributed by atoms with Gasteiger partial charge in [0.15, 0.2) is 11.5 Å². The number of unbranched alkanes of at least 4 members (excludes halogenated alkanes) is 1. The molecule has 2 aromatic carbocycles. The molecule has 29 heavy (non-hydrogen) atoms. The van der Waals surface area contributed by atoms with Crippen LogP contribution in [0, 0.1) is 0 Å². The van der Waals surface area contributed by atoms with Crippen LogP contribution in [0.3, 0.4) is 0 Å². The molecule has 156 valence electrons. The standard InChI is InChI=1S/C22H27NO5S/c1-22(2)17-13-15(7-9-18(17)23-21(24)28-22)27-11-5-6-12-29-16-8-10-19(25-3)20(14-16)26-4/h7-10,13-14H,5-6,11-12H2,1-4H3,(H,23,24). The maximum Gasteiger partial charge on any atom is 0.412 e. The van der Waals surface area contributed by atoms with Crippen molar-refractivity contribution in [3.05, 3.63) is 42.0 Å². The molecule has 2 aromatic rings. The summed E-state index contributed by atoms with van der Waals surface area (Å²) in [7, 11) is 3.28. The molecule has 0 spiro atoms. The highest BCUT2D eigenvalue weighted by Crippen LogP contribution is 2.37. The minimum Gasteiger partial charge on any atom is -0.494 e. The molecule has 1 amide bonds. The zero-order chi connectivity index (χ0) is 20.9. The number of rotatable bonds is 9. The Morgan fingerprint density at radius 1 is 1.03 bits per heavy atom. The molecular formula is C22H27NO5S. The number of benzene rings is 2. The van der Waals surface area contributed by atoms with Crippen LogP contribution >= 0.6 is 11.8 Å². The Morgan fingerprint density at radius 3 is 2.59 bits per heavy atom. The number of amides is 1. The van der Waals surface area contributed by atoms with Crippen molar-refractivity contribution >= 4 is 23.5 Å². The van der Waals surface area contributed by atoms with Crippen molar-refractivity contribution in [1.29, 1.82) is 0 Å². The lowest BCUT2D eigenvalue weighted by molar-refractivity contribution is 0.0418. The first-order valence-corrected chi connectivity index (χ1v) is 10.5. The number of hydrogen-bond donors (Lipinski definition) is 1. The summed E-state index contributed by atoms with van der Waals surface area (Å²) >= 11 is 1.79. The normalized spacial score (nSPS) is 14.4. The van der Waals surface area contributed by atoms with Crippen molar-refractivity contribution in [2.75, 3.05) is 31.9 Å². The topological polar surface area (TPSA) is 66.0 Å². The fourth-order valence-corrected chi connectivity index (χ4v) is 4.07. The highest BCUT2D eigenvalue weighted by atomic mass is 32.2. The van der Waals surface area contributed by atoms with Crippen LogP contribution in [0.2, 0.25) is 0 Å². The first-order chi connectivity index (χ1) is 13.9. The number of fused-ring (bicyclic) bond motifs is 1. The molecule has 7 heteroatoms. The van der Waals surface area contributed by atoms with Crippen LogP contribution in [0.4, 0.5) is 10.5 Å². The van der Waals surface area contributed by atoms with Crippen molar-refractivity contribution in [2.45, 2.75) is 37.2 Å². The van der Waals surface area contributed by atoms with Gasteiger partial charge in [-0.05, 0) is 68.8 Å². The Morgan fingerprint density at radius 2 is 1.83 bits per heavy atom. The largest absolute Gasteiger partial charge is 0.494 e. The Hall–Kier alpha value is -2.54. The average Bonchev–Trinajstić information content (AvgIpc) is 2.70. The molecular weight excluding hydrogens is 390 g/mol. The molecule has 3 rings (SSSR count). The summed E-state index contributed by atoms with van der Waals surface area (Å²) in [5.74, 6) is 3.26. The number of cyclic esters (lactones) is 1. The van der Waals surface area contributed by atoms with Crippen molar-refractivity contribution in [3.8, 4) is 17.2 Å². The fourth-order valence-electron chi connectivity index (χ4n) is 3.13. The highest BCUT2D eigenvalue weighted by Gasteiger charge is 2.33. The SMILES string of the molecule is COc1ccc(SCCCCOc2ccc3c(c2)C(C)(C)OC(=O)N3)cc1OC. The van der Waals surface area contributed by atoms with Gasteiger partial charge < -0.3 is 18.9 Å². The number of thioether (sulfide) groups is 1. The van der Waals surface area contributed by atoms with E-state index < -0.39 is 11.7 Å². The van der Waals surface area contributed by atoms with Gasteiger partial charge in [0.05, 0.1) is 26.5 Å². The molecule has 0 aromatic heterocycles. The van der Waals surface area contributed by atoms with Crippen LogP contribution in [-0.2, 0) is 10.3 Å². The number of nitrogens with one attached hydrogen (secondary N) is 1. The zero-order valence-electron chi connectivity index (χ0n) is 17.2. The van der Waals surface area contributed by atoms with E-state index in [2.05, 4.69) is 5.32 Å². The number of carbonyl (C=O) groups is 1. The van der Waals surface area contributed by atoms with Gasteiger partial charge in [0.25, 0.3) is 0 Å². The minimum atomic E-state index is -0.674. The molecule has 0 aliphatic carbocycles. The summed E-state index contributed by atoms with van der Waals surface area (Å²) in [4.78, 5) is 12.7. The van der Waals surface area contributed by atoms with Crippen LogP contribution in [0.25, 0.3) is 0 Å². The van der Waals surface area contributed by atoms with E-state index >= 15 is 0 Å². The summed E-state index contributed by atoms with van der Waals surface area (Å²) in [6.45, 7) is 4.39. The Bertz CT molecular complexity index is 868. The van der Waals surface area contributed by atoms with E-state index in [-0.39, 0.29) is 0 Å². The lowest BCUT2D eigenvalue weighted by atomic mass is 9.94. The van der Waals surface area contributed by atoms with Gasteiger partial charge in [0.2, 0.25) is 0 Å². The average molecular weight is 418 g/mol. The Labute approximate surface area is 175 Å². The van der Waals surface area contributed by atoms with E-state index in [0.717, 1.165) is 52.0 Å². The summed E-state index contributed by atoms with van der Waals surface area (Å²) in [6, 6.07) is 11.6. The smallest absolute Gasteiger partial charge is 0.412 e. The van der Waals surface area contributed by atoms with E-state index in [0.29, 0.717) is 6.61 Å². The number of hydrogen-bond acceptors (Lipinski definition) is 6. The summed E-state index contributed by atoms with van der Waals surface area (Å²) in [6.07, 6.45) is 1.56. The van der Waals surface area contributed by atoms with Crippen LogP contribution in [-0.4, -0.2) is 32.7 Å². The number of ether oxygens (including phenoxy) is 4. The van der Waals surface area contributed by atoms with Gasteiger partial charge in [-0.3, -0.25) is 5.32 Å². The van der Waals surface area contributed by atoms with E-state index in [1.54, 1.807) is 26.0 Å². The molecule has 1 aliphatic heterocycles. The lowest BCUT2D eigenvalue weighted by Crippen LogP contribution is -2.34. The predicted octanol–water partition coefficient (Wildman–Crippen LogP) is 5.45. The molecule has 1 aliphatic rings. The Kier molecular flexibility index (Phi) is 6.79. The number of methoxy groups -OCH3 is 2. The van der Waals surface area contributed by atoms with Gasteiger partial charge in [0.1, 0.15) is 11.4 Å². The third-order valence-electron chi connectivity index (χ3n) is 4.66. The molecule has 0 radical (unpaired) electrons. The lowest BCUT2D eigenvalue weighted by Gasteiger charge is -2.32. The van der Waals surface area contributed by atoms with Gasteiger partial charge >= 0.3 is 6.09 Å². The monoisotopic (exact) mass is 417 g/mol. The van der Waals surface area contributed by atoms with Crippen molar-refractivity contribution in [2.24, 2.45) is 0 Å². The molecule has 0 fully saturated rings. The minimum absolute atomic E-state index is 0.428. The van der Waals surface area contributed by atoms with Gasteiger partial charge in [-0.15, -0.1) is 11.8 Å². The number of anilines is 1. The zero-order valence-corrected chi connectivity index (χ0v) is 18.1. The van der Waals surface area contributed by atoms with E-state index in [4.69, 9.17) is 18.9 Å². The van der Waals surface area contributed by atoms with E-state index in [9.17, 15) is 4.79 Å². The summed E-state index contributed by atoms with van der Waals surface area (Å²) in [5.41, 5.74) is 1.01. The summed E-state index contributed by atoms with van der Waals surface area (Å²) in [5, 5.41) is 2.72. The second-order valence-corrected chi connectivity index (χ2v) is 8.32. The van der Waals surface area contributed by atoms with Crippen LogP contribution < -0.4 is 19.5 Å². The van der Waals surface area contributed by atoms with Crippen LogP contribution in [0.15, 0.2) is 41.3 Å². The molecule has 0 saturated heterocycles. The van der Waals surface area contributed by atoms with Crippen molar-refractivity contribution < 1.29 is 23.7 Å². The van der Waals surface area contributed by atoms with E-state index in [1.165, 1.54) is 0 Å². The molecule has 0 atom stereocenters. The quantitative estimate of drug-likeness (QED) is 0.432. The predicted molar refractivity (Wildman–Crippen MR) is 115 cm³/mol. The molecule has 6 nitrogen and oxygen atoms in total. The van der Waals surface area contributed by atoms with Crippen molar-refractivity contribution in [3.63, 3.8) is 0 Å². The number of carbonyl (C=O) groups excluding carboxylic acids is 1. The highest BCUT2D eigenvalue weighted by molar-refractivity contribution is 7.99. The Balaban J connectivity index is 1.44. The van der Waals surface area contributed by atoms with Crippen LogP contribution in [0.5, 0.6) is 17.2 Å². The summed E-state index contributed by atoms with van der Waals surface area (Å²) < 4.78 is 21.9. The maximum absolute atomic E-state index is 11.6. The fraction of sp³-hybridized carbons (Fsp3) is 0.409. The molecule has 0 unspecified atom stereocenters. The van der Waals surface area contributed by atoms with Gasteiger partial charge in [0, 0.05) is 10.5 Å². The second-order valence-electron chi connectivity index (χ2n) is 7.15. The first-order valence-electron chi connectivity index (χ1n) is 9.55. The van der Waals surface area contributed by atoms with Gasteiger partial charge in [-0.25, -0.2) is 4.79 Å². The van der Waals surface area contributed by atoms with Crippen LogP contribution in [0.1, 0.15) is 32.3 Å². The van der Waals surface area contributed by atoms with Crippen molar-refractivity contribution in [1.82, 2.24) is 0 Å². The molecule has 0 bridgehead atoms. The molecule has 0 saturated carbocycles. The van der Waals surface area contributed by atoms with Gasteiger partial charge in [-0.1, -0.05) is 0 Å². The maximum atomic E-state index is 11.6. The molecule has 1 N–H and O–H groups in total. The van der Waals surface area contributed by atoms with Gasteiger partial charge in [-0.2, -0.15) is 0 Å². The first kappa shape index (κ1) is 21.2. The molecule has 1 heterocycles.